The minimum Gasteiger partial charge on any atom is -0.399 e. The van der Waals surface area contributed by atoms with Crippen LogP contribution in [-0.4, -0.2) is 12.8 Å². The van der Waals surface area contributed by atoms with E-state index in [1.165, 1.54) is 23.0 Å². The average Bonchev–Trinajstić information content (AvgIpc) is 2.86. The summed E-state index contributed by atoms with van der Waals surface area (Å²) in [5.41, 5.74) is 7.04. The van der Waals surface area contributed by atoms with Crippen LogP contribution in [0.25, 0.3) is 10.1 Å². The molecule has 4 N–H and O–H groups in total. The Morgan fingerprint density at radius 2 is 1.86 bits per heavy atom. The first kappa shape index (κ1) is 15.4. The van der Waals surface area contributed by atoms with Crippen LogP contribution in [-0.2, 0) is 10.0 Å². The molecule has 1 heterocycles. The number of anilines is 1. The van der Waals surface area contributed by atoms with E-state index in [0.29, 0.717) is 5.56 Å². The maximum Gasteiger partial charge on any atom is 0.238 e. The van der Waals surface area contributed by atoms with Gasteiger partial charge in [0.25, 0.3) is 0 Å². The lowest BCUT2D eigenvalue weighted by Crippen LogP contribution is -2.13. The van der Waals surface area contributed by atoms with Gasteiger partial charge in [-0.15, -0.1) is 0 Å². The van der Waals surface area contributed by atoms with Crippen molar-refractivity contribution < 1.29 is 8.42 Å². The molecule has 1 aromatic heterocycles. The second-order valence-electron chi connectivity index (χ2n) is 4.43. The van der Waals surface area contributed by atoms with Gasteiger partial charge in [-0.3, -0.25) is 0 Å². The first-order chi connectivity index (χ1) is 9.88. The van der Waals surface area contributed by atoms with Gasteiger partial charge >= 0.3 is 0 Å². The van der Waals surface area contributed by atoms with Crippen LogP contribution in [0.1, 0.15) is 5.56 Å². The number of benzene rings is 2. The van der Waals surface area contributed by atoms with Gasteiger partial charge in [-0.1, -0.05) is 18.2 Å². The molecule has 0 atom stereocenters. The van der Waals surface area contributed by atoms with E-state index in [-0.39, 0.29) is 4.90 Å². The molecule has 2 aromatic carbocycles. The first-order valence-electron chi connectivity index (χ1n) is 6.06. The number of hydrogen-bond donors (Lipinski definition) is 2. The van der Waals surface area contributed by atoms with Gasteiger partial charge in [0.15, 0.2) is 0 Å². The summed E-state index contributed by atoms with van der Waals surface area (Å²) in [6, 6.07) is 12.4. The molecule has 0 radical (unpaired) electrons. The van der Waals surface area contributed by atoms with Crippen LogP contribution in [0.3, 0.4) is 0 Å². The highest BCUT2D eigenvalue weighted by Crippen LogP contribution is 2.19. The quantitative estimate of drug-likeness (QED) is 0.673. The summed E-state index contributed by atoms with van der Waals surface area (Å²) >= 11 is 1.47. The molecule has 0 unspecified atom stereocenters. The third-order valence-electron chi connectivity index (χ3n) is 2.78. The van der Waals surface area contributed by atoms with Gasteiger partial charge < -0.3 is 5.73 Å². The van der Waals surface area contributed by atoms with Crippen LogP contribution in [0.15, 0.2) is 53.6 Å². The molecule has 0 bridgehead atoms. The zero-order chi connectivity index (χ0) is 15.5. The largest absolute Gasteiger partial charge is 0.399 e. The van der Waals surface area contributed by atoms with Crippen molar-refractivity contribution in [1.82, 2.24) is 4.37 Å². The lowest BCUT2D eigenvalue weighted by molar-refractivity contribution is 0.597. The average molecular weight is 321 g/mol. The topological polar surface area (TPSA) is 99.1 Å². The van der Waals surface area contributed by atoms with Gasteiger partial charge in [0.05, 0.1) is 9.60 Å². The smallest absolute Gasteiger partial charge is 0.238 e. The zero-order valence-corrected chi connectivity index (χ0v) is 13.0. The summed E-state index contributed by atoms with van der Waals surface area (Å²) < 4.78 is 26.8. The number of nitrogen functional groups attached to an aromatic ring is 1. The molecule has 7 heteroatoms. The summed E-state index contributed by atoms with van der Waals surface area (Å²) in [6.07, 6.45) is 1.85. The van der Waals surface area contributed by atoms with E-state index in [0.717, 1.165) is 10.4 Å². The van der Waals surface area contributed by atoms with Crippen molar-refractivity contribution in [2.45, 2.75) is 11.8 Å². The lowest BCUT2D eigenvalue weighted by atomic mass is 10.2. The van der Waals surface area contributed by atoms with E-state index in [9.17, 15) is 8.42 Å². The predicted octanol–water partition coefficient (Wildman–Crippen LogP) is 2.52. The minimum absolute atomic E-state index is 0.194. The molecule has 3 rings (SSSR count). The molecule has 0 aliphatic rings. The fourth-order valence-corrected chi connectivity index (χ4v) is 3.23. The SMILES string of the molecule is Cc1ccccc1S(N)(=O)=O.Nc1ccc2cnsc2c1. The Bertz CT molecular complexity index is 857. The van der Waals surface area contributed by atoms with Gasteiger partial charge in [0.2, 0.25) is 10.0 Å². The molecule has 0 fully saturated rings. The highest BCUT2D eigenvalue weighted by Gasteiger charge is 2.08. The third-order valence-corrected chi connectivity index (χ3v) is 4.61. The number of aromatic nitrogens is 1. The Labute approximate surface area is 127 Å². The van der Waals surface area contributed by atoms with Gasteiger partial charge in [-0.2, -0.15) is 4.37 Å². The highest BCUT2D eigenvalue weighted by molar-refractivity contribution is 7.89. The first-order valence-corrected chi connectivity index (χ1v) is 8.38. The Kier molecular flexibility index (Phi) is 4.56. The number of nitrogens with zero attached hydrogens (tertiary/aromatic N) is 1. The molecule has 21 heavy (non-hydrogen) atoms. The van der Waals surface area contributed by atoms with E-state index in [1.807, 2.05) is 24.4 Å². The Balaban J connectivity index is 0.000000154. The van der Waals surface area contributed by atoms with E-state index in [4.69, 9.17) is 10.9 Å². The predicted molar refractivity (Wildman–Crippen MR) is 86.6 cm³/mol. The molecule has 0 aliphatic heterocycles. The maximum atomic E-state index is 10.8. The number of sulfonamides is 1. The number of rotatable bonds is 1. The number of hydrogen-bond acceptors (Lipinski definition) is 5. The lowest BCUT2D eigenvalue weighted by Gasteiger charge is -2.00. The van der Waals surface area contributed by atoms with Crippen LogP contribution < -0.4 is 10.9 Å². The Morgan fingerprint density at radius 1 is 1.14 bits per heavy atom. The van der Waals surface area contributed by atoms with Crippen molar-refractivity contribution >= 4 is 37.3 Å². The van der Waals surface area contributed by atoms with Crippen molar-refractivity contribution in [3.05, 3.63) is 54.2 Å². The van der Waals surface area contributed by atoms with Crippen LogP contribution in [0.2, 0.25) is 0 Å². The molecule has 0 saturated heterocycles. The molecule has 3 aromatic rings. The van der Waals surface area contributed by atoms with E-state index in [2.05, 4.69) is 4.37 Å². The van der Waals surface area contributed by atoms with E-state index < -0.39 is 10.0 Å². The van der Waals surface area contributed by atoms with Gasteiger partial charge in [-0.25, -0.2) is 13.6 Å². The maximum absolute atomic E-state index is 10.8. The Morgan fingerprint density at radius 3 is 2.48 bits per heavy atom. The molecule has 5 nitrogen and oxygen atoms in total. The molecule has 0 saturated carbocycles. The summed E-state index contributed by atoms with van der Waals surface area (Å²) in [5, 5.41) is 6.10. The zero-order valence-electron chi connectivity index (χ0n) is 11.4. The third kappa shape index (κ3) is 4.01. The second-order valence-corrected chi connectivity index (χ2v) is 6.80. The summed E-state index contributed by atoms with van der Waals surface area (Å²) in [6.45, 7) is 1.71. The standard InChI is InChI=1S/C7H6N2S.C7H9NO2S/c8-6-2-1-5-4-9-10-7(5)3-6;1-6-4-2-3-5-7(6)11(8,9)10/h1-4H,8H2;2-5H,1H3,(H2,8,9,10). The van der Waals surface area contributed by atoms with Crippen LogP contribution in [0.4, 0.5) is 5.69 Å². The molecule has 0 aliphatic carbocycles. The van der Waals surface area contributed by atoms with Crippen molar-refractivity contribution in [1.29, 1.82) is 0 Å². The van der Waals surface area contributed by atoms with E-state index >= 15 is 0 Å². The fraction of sp³-hybridized carbons (Fsp3) is 0.0714. The number of aryl methyl sites for hydroxylation is 1. The van der Waals surface area contributed by atoms with Crippen molar-refractivity contribution in [3.8, 4) is 0 Å². The molecule has 0 spiro atoms. The van der Waals surface area contributed by atoms with Crippen LogP contribution in [0, 0.1) is 6.92 Å². The normalized spacial score (nSPS) is 11.0. The second kappa shape index (κ2) is 6.21. The summed E-state index contributed by atoms with van der Waals surface area (Å²) in [4.78, 5) is 0.194. The Hall–Kier alpha value is -1.96. The highest BCUT2D eigenvalue weighted by atomic mass is 32.2. The van der Waals surface area contributed by atoms with Crippen molar-refractivity contribution in [2.75, 3.05) is 5.73 Å². The summed E-state index contributed by atoms with van der Waals surface area (Å²) in [7, 11) is -3.53. The van der Waals surface area contributed by atoms with Gasteiger partial charge in [0.1, 0.15) is 0 Å². The summed E-state index contributed by atoms with van der Waals surface area (Å²) in [5.74, 6) is 0. The van der Waals surface area contributed by atoms with Crippen molar-refractivity contribution in [3.63, 3.8) is 0 Å². The molecular formula is C14H15N3O2S2. The molecule has 0 amide bonds. The number of nitrogens with two attached hydrogens (primary N) is 2. The number of fused-ring (bicyclic) bond motifs is 1. The van der Waals surface area contributed by atoms with Gasteiger partial charge in [-0.05, 0) is 48.3 Å². The monoisotopic (exact) mass is 321 g/mol. The molecule has 110 valence electrons. The minimum atomic E-state index is -3.53. The van der Waals surface area contributed by atoms with Crippen molar-refractivity contribution in [2.24, 2.45) is 5.14 Å². The number of primary sulfonamides is 1. The van der Waals surface area contributed by atoms with Crippen LogP contribution in [0.5, 0.6) is 0 Å². The van der Waals surface area contributed by atoms with Gasteiger partial charge in [0, 0.05) is 17.3 Å². The van der Waals surface area contributed by atoms with Crippen LogP contribution >= 0.6 is 11.5 Å². The van der Waals surface area contributed by atoms with E-state index in [1.54, 1.807) is 25.1 Å². The fourth-order valence-electron chi connectivity index (χ4n) is 1.75. The molecular weight excluding hydrogens is 306 g/mol.